The molecule has 0 amide bonds. The van der Waals surface area contributed by atoms with Gasteiger partial charge in [-0.25, -0.2) is 0 Å². The SMILES string of the molecule is C=CCC[C@@H](C)NCc1ccccc1. The molecule has 1 aromatic rings. The normalized spacial score (nSPS) is 12.4. The predicted molar refractivity (Wildman–Crippen MR) is 62.2 cm³/mol. The molecule has 14 heavy (non-hydrogen) atoms. The molecule has 1 atom stereocenters. The fourth-order valence-corrected chi connectivity index (χ4v) is 1.36. The van der Waals surface area contributed by atoms with E-state index < -0.39 is 0 Å². The van der Waals surface area contributed by atoms with Gasteiger partial charge in [-0.15, -0.1) is 6.58 Å². The number of rotatable bonds is 6. The third-order valence-electron chi connectivity index (χ3n) is 2.30. The molecule has 0 radical (unpaired) electrons. The van der Waals surface area contributed by atoms with Gasteiger partial charge in [-0.1, -0.05) is 36.4 Å². The lowest BCUT2D eigenvalue weighted by molar-refractivity contribution is 0.518. The molecule has 76 valence electrons. The average molecular weight is 189 g/mol. The van der Waals surface area contributed by atoms with Crippen molar-refractivity contribution in [2.45, 2.75) is 32.4 Å². The number of benzene rings is 1. The first-order valence-electron chi connectivity index (χ1n) is 5.21. The molecule has 1 nitrogen and oxygen atoms in total. The summed E-state index contributed by atoms with van der Waals surface area (Å²) in [5, 5.41) is 3.49. The lowest BCUT2D eigenvalue weighted by Gasteiger charge is -2.12. The van der Waals surface area contributed by atoms with Crippen LogP contribution in [-0.4, -0.2) is 6.04 Å². The van der Waals surface area contributed by atoms with Gasteiger partial charge in [0.2, 0.25) is 0 Å². The van der Waals surface area contributed by atoms with E-state index in [4.69, 9.17) is 0 Å². The van der Waals surface area contributed by atoms with E-state index in [1.807, 2.05) is 12.1 Å². The summed E-state index contributed by atoms with van der Waals surface area (Å²) < 4.78 is 0. The van der Waals surface area contributed by atoms with Gasteiger partial charge >= 0.3 is 0 Å². The quantitative estimate of drug-likeness (QED) is 0.678. The fraction of sp³-hybridized carbons (Fsp3) is 0.385. The lowest BCUT2D eigenvalue weighted by Crippen LogP contribution is -2.25. The summed E-state index contributed by atoms with van der Waals surface area (Å²) in [6.45, 7) is 6.90. The van der Waals surface area contributed by atoms with E-state index in [-0.39, 0.29) is 0 Å². The van der Waals surface area contributed by atoms with E-state index >= 15 is 0 Å². The van der Waals surface area contributed by atoms with Crippen LogP contribution < -0.4 is 5.32 Å². The van der Waals surface area contributed by atoms with Crippen molar-refractivity contribution in [1.82, 2.24) is 5.32 Å². The van der Waals surface area contributed by atoms with E-state index in [0.717, 1.165) is 19.4 Å². The summed E-state index contributed by atoms with van der Waals surface area (Å²) >= 11 is 0. The van der Waals surface area contributed by atoms with E-state index in [1.54, 1.807) is 0 Å². The van der Waals surface area contributed by atoms with Crippen molar-refractivity contribution in [3.05, 3.63) is 48.6 Å². The minimum Gasteiger partial charge on any atom is -0.310 e. The molecule has 0 fully saturated rings. The largest absolute Gasteiger partial charge is 0.310 e. The van der Waals surface area contributed by atoms with Gasteiger partial charge in [0.1, 0.15) is 0 Å². The van der Waals surface area contributed by atoms with Crippen molar-refractivity contribution in [1.29, 1.82) is 0 Å². The molecule has 0 aliphatic carbocycles. The number of hydrogen-bond donors (Lipinski definition) is 1. The Balaban J connectivity index is 2.23. The molecular formula is C13H19N. The smallest absolute Gasteiger partial charge is 0.0207 e. The molecule has 0 spiro atoms. The summed E-state index contributed by atoms with van der Waals surface area (Å²) in [5.41, 5.74) is 1.35. The van der Waals surface area contributed by atoms with Crippen LogP contribution >= 0.6 is 0 Å². The third-order valence-corrected chi connectivity index (χ3v) is 2.30. The van der Waals surface area contributed by atoms with E-state index in [2.05, 4.69) is 43.1 Å². The Morgan fingerprint density at radius 3 is 2.71 bits per heavy atom. The van der Waals surface area contributed by atoms with Crippen molar-refractivity contribution in [3.63, 3.8) is 0 Å². The Morgan fingerprint density at radius 1 is 1.36 bits per heavy atom. The van der Waals surface area contributed by atoms with Gasteiger partial charge in [0.15, 0.2) is 0 Å². The molecule has 0 saturated carbocycles. The molecule has 0 aromatic heterocycles. The molecule has 1 aromatic carbocycles. The maximum Gasteiger partial charge on any atom is 0.0207 e. The van der Waals surface area contributed by atoms with Gasteiger partial charge in [-0.2, -0.15) is 0 Å². The molecule has 0 aliphatic heterocycles. The van der Waals surface area contributed by atoms with Gasteiger partial charge in [-0.3, -0.25) is 0 Å². The van der Waals surface area contributed by atoms with Crippen molar-refractivity contribution in [2.24, 2.45) is 0 Å². The first-order chi connectivity index (χ1) is 6.83. The summed E-state index contributed by atoms with van der Waals surface area (Å²) in [6.07, 6.45) is 4.22. The molecule has 0 saturated heterocycles. The van der Waals surface area contributed by atoms with Crippen LogP contribution in [0.2, 0.25) is 0 Å². The Bertz CT molecular complexity index is 253. The second-order valence-electron chi connectivity index (χ2n) is 3.63. The molecule has 1 heteroatoms. The Morgan fingerprint density at radius 2 is 2.07 bits per heavy atom. The maximum atomic E-state index is 3.72. The van der Waals surface area contributed by atoms with E-state index in [1.165, 1.54) is 5.56 Å². The topological polar surface area (TPSA) is 12.0 Å². The Hall–Kier alpha value is -1.08. The fourth-order valence-electron chi connectivity index (χ4n) is 1.36. The van der Waals surface area contributed by atoms with Gasteiger partial charge in [0.05, 0.1) is 0 Å². The lowest BCUT2D eigenvalue weighted by atomic mass is 10.1. The standard InChI is InChI=1S/C13H19N/c1-3-4-8-12(2)14-11-13-9-6-5-7-10-13/h3,5-7,9-10,12,14H,1,4,8,11H2,2H3/t12-/m1/s1. The van der Waals surface area contributed by atoms with Crippen LogP contribution in [0.15, 0.2) is 43.0 Å². The van der Waals surface area contributed by atoms with Gasteiger partial charge < -0.3 is 5.32 Å². The number of allylic oxidation sites excluding steroid dienone is 1. The molecule has 0 unspecified atom stereocenters. The molecule has 0 aliphatic rings. The minimum absolute atomic E-state index is 0.563. The summed E-state index contributed by atoms with van der Waals surface area (Å²) in [6, 6.07) is 11.1. The molecule has 1 N–H and O–H groups in total. The highest BCUT2D eigenvalue weighted by molar-refractivity contribution is 5.14. The molecule has 0 bridgehead atoms. The maximum absolute atomic E-state index is 3.72. The first kappa shape index (κ1) is 11.0. The summed E-state index contributed by atoms with van der Waals surface area (Å²) in [4.78, 5) is 0. The van der Waals surface area contributed by atoms with Crippen molar-refractivity contribution >= 4 is 0 Å². The zero-order valence-corrected chi connectivity index (χ0v) is 8.87. The van der Waals surface area contributed by atoms with Crippen LogP contribution in [0, 0.1) is 0 Å². The van der Waals surface area contributed by atoms with Crippen molar-refractivity contribution in [2.75, 3.05) is 0 Å². The van der Waals surface area contributed by atoms with Crippen molar-refractivity contribution < 1.29 is 0 Å². The van der Waals surface area contributed by atoms with Crippen LogP contribution in [0.25, 0.3) is 0 Å². The summed E-state index contributed by atoms with van der Waals surface area (Å²) in [7, 11) is 0. The van der Waals surface area contributed by atoms with E-state index in [9.17, 15) is 0 Å². The number of nitrogens with one attached hydrogen (secondary N) is 1. The van der Waals surface area contributed by atoms with Gasteiger partial charge in [-0.05, 0) is 25.3 Å². The zero-order valence-electron chi connectivity index (χ0n) is 8.87. The Labute approximate surface area is 86.8 Å². The molecule has 1 rings (SSSR count). The number of hydrogen-bond acceptors (Lipinski definition) is 1. The first-order valence-corrected chi connectivity index (χ1v) is 5.21. The minimum atomic E-state index is 0.563. The van der Waals surface area contributed by atoms with Crippen LogP contribution in [0.1, 0.15) is 25.3 Å². The van der Waals surface area contributed by atoms with Crippen molar-refractivity contribution in [3.8, 4) is 0 Å². The van der Waals surface area contributed by atoms with Gasteiger partial charge in [0, 0.05) is 12.6 Å². The summed E-state index contributed by atoms with van der Waals surface area (Å²) in [5.74, 6) is 0. The van der Waals surface area contributed by atoms with Crippen LogP contribution in [-0.2, 0) is 6.54 Å². The van der Waals surface area contributed by atoms with Crippen LogP contribution in [0.3, 0.4) is 0 Å². The molecular weight excluding hydrogens is 170 g/mol. The second kappa shape index (κ2) is 6.39. The highest BCUT2D eigenvalue weighted by atomic mass is 14.9. The van der Waals surface area contributed by atoms with Crippen LogP contribution in [0.5, 0.6) is 0 Å². The predicted octanol–water partition coefficient (Wildman–Crippen LogP) is 3.13. The van der Waals surface area contributed by atoms with E-state index in [0.29, 0.717) is 6.04 Å². The average Bonchev–Trinajstić information content (AvgIpc) is 2.25. The monoisotopic (exact) mass is 189 g/mol. The highest BCUT2D eigenvalue weighted by Crippen LogP contribution is 2.01. The van der Waals surface area contributed by atoms with Gasteiger partial charge in [0.25, 0.3) is 0 Å². The molecule has 0 heterocycles. The highest BCUT2D eigenvalue weighted by Gasteiger charge is 1.99. The zero-order chi connectivity index (χ0) is 10.2. The van der Waals surface area contributed by atoms with Crippen LogP contribution in [0.4, 0.5) is 0 Å². The second-order valence-corrected chi connectivity index (χ2v) is 3.63. The Kier molecular flexibility index (Phi) is 5.02. The third kappa shape index (κ3) is 4.24.